The molecular weight excluding hydrogens is 273 g/mol. The van der Waals surface area contributed by atoms with Crippen LogP contribution in [-0.4, -0.2) is 11.5 Å². The molecule has 0 saturated heterocycles. The third-order valence-electron chi connectivity index (χ3n) is 2.23. The summed E-state index contributed by atoms with van der Waals surface area (Å²) in [6, 6.07) is 11.9. The fraction of sp³-hybridized carbons (Fsp3) is 0.0769. The van der Waals surface area contributed by atoms with E-state index in [1.807, 2.05) is 0 Å². The van der Waals surface area contributed by atoms with Gasteiger partial charge in [-0.2, -0.15) is 5.11 Å². The maximum Gasteiger partial charge on any atom is 0.573 e. The molecular formula is C13H9F3N2O2. The summed E-state index contributed by atoms with van der Waals surface area (Å²) in [5.74, 6) is -1.07. The Balaban J connectivity index is 2.33. The van der Waals surface area contributed by atoms with Crippen LogP contribution in [0.2, 0.25) is 0 Å². The van der Waals surface area contributed by atoms with Crippen molar-refractivity contribution in [1.29, 1.82) is 0 Å². The van der Waals surface area contributed by atoms with E-state index in [1.54, 1.807) is 30.3 Å². The minimum Gasteiger partial charge on any atom is -0.505 e. The number of ether oxygens (including phenoxy) is 1. The molecule has 104 valence electrons. The molecule has 0 aliphatic rings. The van der Waals surface area contributed by atoms with Crippen molar-refractivity contribution in [3.05, 3.63) is 48.5 Å². The van der Waals surface area contributed by atoms with Crippen molar-refractivity contribution < 1.29 is 23.0 Å². The van der Waals surface area contributed by atoms with Gasteiger partial charge in [0.1, 0.15) is 5.75 Å². The molecule has 0 fully saturated rings. The van der Waals surface area contributed by atoms with E-state index in [2.05, 4.69) is 15.0 Å². The Labute approximate surface area is 112 Å². The molecule has 4 nitrogen and oxygen atoms in total. The molecule has 0 aliphatic carbocycles. The number of halogens is 3. The second-order valence-corrected chi connectivity index (χ2v) is 3.71. The molecule has 1 N–H and O–H groups in total. The Bertz CT molecular complexity index is 613. The number of azo groups is 1. The van der Waals surface area contributed by atoms with Gasteiger partial charge in [0, 0.05) is 0 Å². The SMILES string of the molecule is Oc1cccc(OC(F)(F)F)c1N=Nc1ccccc1. The molecule has 0 heterocycles. The average molecular weight is 282 g/mol. The van der Waals surface area contributed by atoms with Crippen LogP contribution in [0, 0.1) is 0 Å². The lowest BCUT2D eigenvalue weighted by Gasteiger charge is -2.10. The van der Waals surface area contributed by atoms with Gasteiger partial charge >= 0.3 is 6.36 Å². The smallest absolute Gasteiger partial charge is 0.505 e. The topological polar surface area (TPSA) is 54.2 Å². The Morgan fingerprint density at radius 2 is 1.60 bits per heavy atom. The Kier molecular flexibility index (Phi) is 3.88. The summed E-state index contributed by atoms with van der Waals surface area (Å²) in [7, 11) is 0. The van der Waals surface area contributed by atoms with Gasteiger partial charge in [-0.15, -0.1) is 18.3 Å². The van der Waals surface area contributed by atoms with Gasteiger partial charge in [0.15, 0.2) is 11.4 Å². The summed E-state index contributed by atoms with van der Waals surface area (Å²) in [5.41, 5.74) is 0.0578. The highest BCUT2D eigenvalue weighted by atomic mass is 19.4. The second-order valence-electron chi connectivity index (χ2n) is 3.71. The second kappa shape index (κ2) is 5.60. The number of aromatic hydroxyl groups is 1. The van der Waals surface area contributed by atoms with Gasteiger partial charge in [0.2, 0.25) is 0 Å². The van der Waals surface area contributed by atoms with Gasteiger partial charge in [-0.1, -0.05) is 24.3 Å². The molecule has 2 rings (SSSR count). The van der Waals surface area contributed by atoms with Crippen LogP contribution >= 0.6 is 0 Å². The van der Waals surface area contributed by atoms with E-state index in [4.69, 9.17) is 0 Å². The van der Waals surface area contributed by atoms with E-state index < -0.39 is 17.9 Å². The van der Waals surface area contributed by atoms with Crippen LogP contribution in [0.25, 0.3) is 0 Å². The number of phenols is 1. The third-order valence-corrected chi connectivity index (χ3v) is 2.23. The standard InChI is InChI=1S/C13H9F3N2O2/c14-13(15,16)20-11-8-4-7-10(19)12(11)18-17-9-5-2-1-3-6-9/h1-8,19H. The largest absolute Gasteiger partial charge is 0.573 e. The predicted octanol–water partition coefficient (Wildman–Crippen LogP) is 4.71. The molecule has 0 amide bonds. The minimum atomic E-state index is -4.87. The van der Waals surface area contributed by atoms with Gasteiger partial charge < -0.3 is 9.84 Å². The first-order valence-corrected chi connectivity index (χ1v) is 5.50. The zero-order valence-corrected chi connectivity index (χ0v) is 10.0. The number of phenolic OH excluding ortho intramolecular Hbond substituents is 1. The van der Waals surface area contributed by atoms with Crippen LogP contribution < -0.4 is 4.74 Å². The Morgan fingerprint density at radius 1 is 0.900 bits per heavy atom. The van der Waals surface area contributed by atoms with Crippen LogP contribution in [-0.2, 0) is 0 Å². The van der Waals surface area contributed by atoms with E-state index >= 15 is 0 Å². The van der Waals surface area contributed by atoms with Gasteiger partial charge in [-0.3, -0.25) is 0 Å². The summed E-state index contributed by atoms with van der Waals surface area (Å²) in [4.78, 5) is 0. The first-order chi connectivity index (χ1) is 9.46. The maximum atomic E-state index is 12.2. The molecule has 0 bridgehead atoms. The fourth-order valence-electron chi connectivity index (χ4n) is 1.42. The first-order valence-electron chi connectivity index (χ1n) is 5.50. The van der Waals surface area contributed by atoms with Gasteiger partial charge in [-0.25, -0.2) is 0 Å². The van der Waals surface area contributed by atoms with Crippen LogP contribution in [0.15, 0.2) is 58.8 Å². The lowest BCUT2D eigenvalue weighted by molar-refractivity contribution is -0.274. The molecule has 0 spiro atoms. The maximum absolute atomic E-state index is 12.2. The van der Waals surface area contributed by atoms with E-state index in [9.17, 15) is 18.3 Å². The zero-order valence-electron chi connectivity index (χ0n) is 10.0. The number of hydrogen-bond donors (Lipinski definition) is 1. The van der Waals surface area contributed by atoms with Gasteiger partial charge in [0.05, 0.1) is 5.69 Å². The van der Waals surface area contributed by atoms with Crippen LogP contribution in [0.3, 0.4) is 0 Å². The summed E-state index contributed by atoms with van der Waals surface area (Å²) in [6.45, 7) is 0. The fourth-order valence-corrected chi connectivity index (χ4v) is 1.42. The average Bonchev–Trinajstić information content (AvgIpc) is 2.37. The molecule has 20 heavy (non-hydrogen) atoms. The van der Waals surface area contributed by atoms with Crippen LogP contribution in [0.1, 0.15) is 0 Å². The number of nitrogens with zero attached hydrogens (tertiary/aromatic N) is 2. The monoisotopic (exact) mass is 282 g/mol. The Hall–Kier alpha value is -2.57. The molecule has 2 aromatic carbocycles. The van der Waals surface area contributed by atoms with E-state index in [-0.39, 0.29) is 5.69 Å². The summed E-state index contributed by atoms with van der Waals surface area (Å²) in [5, 5.41) is 16.9. The normalized spacial score (nSPS) is 11.8. The molecule has 2 aromatic rings. The van der Waals surface area contributed by atoms with E-state index in [0.717, 1.165) is 6.07 Å². The van der Waals surface area contributed by atoms with Crippen molar-refractivity contribution in [3.8, 4) is 11.5 Å². The van der Waals surface area contributed by atoms with Crippen molar-refractivity contribution in [2.75, 3.05) is 0 Å². The number of alkyl halides is 3. The first kappa shape index (κ1) is 13.9. The molecule has 0 unspecified atom stereocenters. The minimum absolute atomic E-state index is 0.381. The lowest BCUT2D eigenvalue weighted by Crippen LogP contribution is -2.17. The number of rotatable bonds is 3. The van der Waals surface area contributed by atoms with Gasteiger partial charge in [-0.05, 0) is 24.3 Å². The van der Waals surface area contributed by atoms with Crippen LogP contribution in [0.5, 0.6) is 11.5 Å². The predicted molar refractivity (Wildman–Crippen MR) is 65.4 cm³/mol. The van der Waals surface area contributed by atoms with E-state index in [0.29, 0.717) is 5.69 Å². The van der Waals surface area contributed by atoms with E-state index in [1.165, 1.54) is 12.1 Å². The van der Waals surface area contributed by atoms with Crippen LogP contribution in [0.4, 0.5) is 24.5 Å². The highest BCUT2D eigenvalue weighted by Crippen LogP contribution is 2.39. The summed E-state index contributed by atoms with van der Waals surface area (Å²) < 4.78 is 40.5. The molecule has 0 aliphatic heterocycles. The molecule has 7 heteroatoms. The van der Waals surface area contributed by atoms with Crippen molar-refractivity contribution >= 4 is 11.4 Å². The summed E-state index contributed by atoms with van der Waals surface area (Å²) >= 11 is 0. The quantitative estimate of drug-likeness (QED) is 0.829. The number of benzene rings is 2. The molecule has 0 saturated carbocycles. The summed E-state index contributed by atoms with van der Waals surface area (Å²) in [6.07, 6.45) is -4.87. The van der Waals surface area contributed by atoms with Crippen molar-refractivity contribution in [2.45, 2.75) is 6.36 Å². The lowest BCUT2D eigenvalue weighted by atomic mass is 10.3. The van der Waals surface area contributed by atoms with Crippen molar-refractivity contribution in [2.24, 2.45) is 10.2 Å². The zero-order chi connectivity index (χ0) is 14.6. The molecule has 0 atom stereocenters. The van der Waals surface area contributed by atoms with Crippen molar-refractivity contribution in [3.63, 3.8) is 0 Å². The highest BCUT2D eigenvalue weighted by Gasteiger charge is 2.32. The number of hydrogen-bond acceptors (Lipinski definition) is 4. The third kappa shape index (κ3) is 3.71. The molecule has 0 radical (unpaired) electrons. The van der Waals surface area contributed by atoms with Crippen molar-refractivity contribution in [1.82, 2.24) is 0 Å². The van der Waals surface area contributed by atoms with Gasteiger partial charge in [0.25, 0.3) is 0 Å². The Morgan fingerprint density at radius 3 is 2.25 bits per heavy atom. The highest BCUT2D eigenvalue weighted by molar-refractivity contribution is 5.61. The molecule has 0 aromatic heterocycles.